The Morgan fingerprint density at radius 3 is 2.62 bits per heavy atom. The lowest BCUT2D eigenvalue weighted by atomic mass is 10.1. The summed E-state index contributed by atoms with van der Waals surface area (Å²) in [5, 5.41) is 0. The Labute approximate surface area is 93.7 Å². The zero-order valence-corrected chi connectivity index (χ0v) is 8.92. The summed E-state index contributed by atoms with van der Waals surface area (Å²) < 4.78 is 5.17. The molecular formula is C12H11N3O. The van der Waals surface area contributed by atoms with Gasteiger partial charge in [-0.25, -0.2) is 15.0 Å². The summed E-state index contributed by atoms with van der Waals surface area (Å²) in [5.74, 6) is 1.38. The molecule has 0 saturated carbocycles. The Kier molecular flexibility index (Phi) is 2.91. The lowest BCUT2D eigenvalue weighted by Crippen LogP contribution is -1.93. The van der Waals surface area contributed by atoms with Gasteiger partial charge in [-0.05, 0) is 17.7 Å². The Morgan fingerprint density at radius 2 is 2.00 bits per heavy atom. The number of hydrogen-bond donors (Lipinski definition) is 0. The highest BCUT2D eigenvalue weighted by Crippen LogP contribution is 2.25. The average Bonchev–Trinajstić information content (AvgIpc) is 2.39. The molecule has 0 spiro atoms. The molecule has 0 unspecified atom stereocenters. The summed E-state index contributed by atoms with van der Waals surface area (Å²) in [7, 11) is 1.63. The minimum absolute atomic E-state index is 0.615. The maximum absolute atomic E-state index is 5.17. The molecule has 0 N–H and O–H groups in total. The molecule has 1 aromatic carbocycles. The highest BCUT2D eigenvalue weighted by atomic mass is 16.5. The van der Waals surface area contributed by atoms with E-state index in [1.54, 1.807) is 13.2 Å². The van der Waals surface area contributed by atoms with Gasteiger partial charge in [-0.15, -0.1) is 0 Å². The average molecular weight is 213 g/mol. The highest BCUT2D eigenvalue weighted by molar-refractivity contribution is 5.71. The first kappa shape index (κ1) is 10.3. The van der Waals surface area contributed by atoms with E-state index in [4.69, 9.17) is 4.74 Å². The molecule has 4 nitrogen and oxygen atoms in total. The van der Waals surface area contributed by atoms with Gasteiger partial charge in [0.05, 0.1) is 7.11 Å². The maximum atomic E-state index is 5.17. The number of nitrogens with zero attached hydrogens (tertiary/aromatic N) is 3. The van der Waals surface area contributed by atoms with Crippen molar-refractivity contribution in [1.82, 2.24) is 15.0 Å². The minimum atomic E-state index is 0.615. The zero-order valence-electron chi connectivity index (χ0n) is 8.92. The molecule has 0 aliphatic rings. The molecule has 0 radical (unpaired) electrons. The first-order chi connectivity index (χ1) is 7.85. The predicted molar refractivity (Wildman–Crippen MR) is 61.9 cm³/mol. The summed E-state index contributed by atoms with van der Waals surface area (Å²) in [4.78, 5) is 12.0. The maximum Gasteiger partial charge on any atom is 0.163 e. The number of hydrogen-bond acceptors (Lipinski definition) is 4. The van der Waals surface area contributed by atoms with Gasteiger partial charge in [0.2, 0.25) is 0 Å². The van der Waals surface area contributed by atoms with Crippen molar-refractivity contribution in [3.63, 3.8) is 0 Å². The smallest absolute Gasteiger partial charge is 0.163 e. The van der Waals surface area contributed by atoms with Crippen molar-refractivity contribution in [1.29, 1.82) is 0 Å². The molecule has 0 amide bonds. The number of rotatable bonds is 3. The second-order valence-corrected chi connectivity index (χ2v) is 3.12. The molecule has 1 heterocycles. The standard InChI is InChI=1S/C12H11N3O/c1-3-9-4-5-10(16-2)6-11(9)12-14-7-13-8-15-12/h3-8H,1H2,2H3. The van der Waals surface area contributed by atoms with E-state index in [1.807, 2.05) is 18.2 Å². The van der Waals surface area contributed by atoms with Crippen molar-refractivity contribution in [2.24, 2.45) is 0 Å². The fourth-order valence-corrected chi connectivity index (χ4v) is 1.41. The van der Waals surface area contributed by atoms with Crippen molar-refractivity contribution in [3.8, 4) is 17.1 Å². The van der Waals surface area contributed by atoms with Crippen molar-refractivity contribution in [2.75, 3.05) is 7.11 Å². The second-order valence-electron chi connectivity index (χ2n) is 3.12. The fourth-order valence-electron chi connectivity index (χ4n) is 1.41. The quantitative estimate of drug-likeness (QED) is 0.784. The lowest BCUT2D eigenvalue weighted by Gasteiger charge is -2.06. The Morgan fingerprint density at radius 1 is 1.25 bits per heavy atom. The third-order valence-corrected chi connectivity index (χ3v) is 2.21. The topological polar surface area (TPSA) is 47.9 Å². The van der Waals surface area contributed by atoms with Crippen LogP contribution in [0.2, 0.25) is 0 Å². The van der Waals surface area contributed by atoms with Crippen LogP contribution < -0.4 is 4.74 Å². The van der Waals surface area contributed by atoms with E-state index in [2.05, 4.69) is 21.5 Å². The molecule has 16 heavy (non-hydrogen) atoms. The molecule has 0 saturated heterocycles. The van der Waals surface area contributed by atoms with E-state index in [9.17, 15) is 0 Å². The normalized spacial score (nSPS) is 9.81. The van der Waals surface area contributed by atoms with Crippen LogP contribution in [-0.2, 0) is 0 Å². The van der Waals surface area contributed by atoms with Crippen LogP contribution in [0.15, 0.2) is 37.4 Å². The van der Waals surface area contributed by atoms with Crippen molar-refractivity contribution >= 4 is 6.08 Å². The highest BCUT2D eigenvalue weighted by Gasteiger charge is 2.06. The molecule has 0 aliphatic heterocycles. The van der Waals surface area contributed by atoms with Crippen molar-refractivity contribution in [2.45, 2.75) is 0 Å². The monoisotopic (exact) mass is 213 g/mol. The first-order valence-electron chi connectivity index (χ1n) is 4.78. The SMILES string of the molecule is C=Cc1ccc(OC)cc1-c1ncncn1. The molecule has 0 bridgehead atoms. The third kappa shape index (κ3) is 1.91. The predicted octanol–water partition coefficient (Wildman–Crippen LogP) is 2.19. The molecule has 2 rings (SSSR count). The van der Waals surface area contributed by atoms with Crippen LogP contribution >= 0.6 is 0 Å². The minimum Gasteiger partial charge on any atom is -0.497 e. The van der Waals surface area contributed by atoms with E-state index in [-0.39, 0.29) is 0 Å². The molecule has 4 heteroatoms. The summed E-state index contributed by atoms with van der Waals surface area (Å²) in [6.45, 7) is 3.76. The van der Waals surface area contributed by atoms with E-state index >= 15 is 0 Å². The van der Waals surface area contributed by atoms with E-state index in [1.165, 1.54) is 12.7 Å². The first-order valence-corrected chi connectivity index (χ1v) is 4.78. The van der Waals surface area contributed by atoms with E-state index in [0.717, 1.165) is 16.9 Å². The molecule has 0 fully saturated rings. The fraction of sp³-hybridized carbons (Fsp3) is 0.0833. The van der Waals surface area contributed by atoms with Gasteiger partial charge < -0.3 is 4.74 Å². The van der Waals surface area contributed by atoms with Gasteiger partial charge in [0.25, 0.3) is 0 Å². The molecule has 2 aromatic rings. The Balaban J connectivity index is 2.57. The number of methoxy groups -OCH3 is 1. The molecule has 0 atom stereocenters. The van der Waals surface area contributed by atoms with Crippen LogP contribution in [0.5, 0.6) is 5.75 Å². The summed E-state index contributed by atoms with van der Waals surface area (Å²) in [6.07, 6.45) is 4.70. The molecule has 0 aliphatic carbocycles. The van der Waals surface area contributed by atoms with Crippen LogP contribution in [0.1, 0.15) is 5.56 Å². The summed E-state index contributed by atoms with van der Waals surface area (Å²) in [6, 6.07) is 5.68. The zero-order chi connectivity index (χ0) is 11.4. The number of benzene rings is 1. The Bertz CT molecular complexity index is 497. The summed E-state index contributed by atoms with van der Waals surface area (Å²) in [5.41, 5.74) is 1.85. The van der Waals surface area contributed by atoms with Crippen LogP contribution in [0.25, 0.3) is 17.5 Å². The lowest BCUT2D eigenvalue weighted by molar-refractivity contribution is 0.415. The van der Waals surface area contributed by atoms with Crippen LogP contribution in [0.4, 0.5) is 0 Å². The van der Waals surface area contributed by atoms with Gasteiger partial charge in [0.1, 0.15) is 18.4 Å². The van der Waals surface area contributed by atoms with Gasteiger partial charge in [0.15, 0.2) is 5.82 Å². The van der Waals surface area contributed by atoms with Crippen molar-refractivity contribution in [3.05, 3.63) is 43.0 Å². The van der Waals surface area contributed by atoms with Gasteiger partial charge in [-0.1, -0.05) is 18.7 Å². The van der Waals surface area contributed by atoms with Crippen LogP contribution in [-0.4, -0.2) is 22.1 Å². The van der Waals surface area contributed by atoms with E-state index in [0.29, 0.717) is 5.82 Å². The van der Waals surface area contributed by atoms with Gasteiger partial charge in [-0.2, -0.15) is 0 Å². The molecular weight excluding hydrogens is 202 g/mol. The van der Waals surface area contributed by atoms with Gasteiger partial charge >= 0.3 is 0 Å². The molecule has 1 aromatic heterocycles. The van der Waals surface area contributed by atoms with Gasteiger partial charge in [-0.3, -0.25) is 0 Å². The van der Waals surface area contributed by atoms with Gasteiger partial charge in [0, 0.05) is 5.56 Å². The summed E-state index contributed by atoms with van der Waals surface area (Å²) >= 11 is 0. The largest absolute Gasteiger partial charge is 0.497 e. The van der Waals surface area contributed by atoms with E-state index < -0.39 is 0 Å². The van der Waals surface area contributed by atoms with Crippen LogP contribution in [0, 0.1) is 0 Å². The van der Waals surface area contributed by atoms with Crippen molar-refractivity contribution < 1.29 is 4.74 Å². The molecule has 80 valence electrons. The van der Waals surface area contributed by atoms with Crippen LogP contribution in [0.3, 0.4) is 0 Å². The third-order valence-electron chi connectivity index (χ3n) is 2.21. The second kappa shape index (κ2) is 4.53. The Hall–Kier alpha value is -2.23. The number of ether oxygens (including phenoxy) is 1. The number of aromatic nitrogens is 3.